The predicted molar refractivity (Wildman–Crippen MR) is 81.8 cm³/mol. The van der Waals surface area contributed by atoms with E-state index in [9.17, 15) is 4.79 Å². The van der Waals surface area contributed by atoms with E-state index in [2.05, 4.69) is 10.4 Å². The molecule has 2 aromatic heterocycles. The van der Waals surface area contributed by atoms with E-state index in [1.807, 2.05) is 36.4 Å². The van der Waals surface area contributed by atoms with Gasteiger partial charge in [0.1, 0.15) is 11.4 Å². The summed E-state index contributed by atoms with van der Waals surface area (Å²) in [5.74, 6) is 0.548. The Bertz CT molecular complexity index is 787. The van der Waals surface area contributed by atoms with Gasteiger partial charge < -0.3 is 9.73 Å². The second kappa shape index (κ2) is 5.18. The highest BCUT2D eigenvalue weighted by Gasteiger charge is 2.26. The highest BCUT2D eigenvalue weighted by Crippen LogP contribution is 2.24. The molecule has 1 aromatic carbocycles. The first-order valence-corrected chi connectivity index (χ1v) is 7.31. The zero-order valence-corrected chi connectivity index (χ0v) is 11.9. The van der Waals surface area contributed by atoms with Crippen LogP contribution in [0.15, 0.2) is 59.2 Å². The molecule has 0 saturated heterocycles. The van der Waals surface area contributed by atoms with Gasteiger partial charge >= 0.3 is 0 Å². The number of hydrogen-bond acceptors (Lipinski definition) is 3. The molecule has 4 rings (SSSR count). The summed E-state index contributed by atoms with van der Waals surface area (Å²) in [5, 5.41) is 7.54. The van der Waals surface area contributed by atoms with Crippen molar-refractivity contribution < 1.29 is 9.21 Å². The molecule has 3 aromatic rings. The van der Waals surface area contributed by atoms with Crippen LogP contribution < -0.4 is 5.32 Å². The van der Waals surface area contributed by atoms with Gasteiger partial charge in [-0.3, -0.25) is 4.79 Å². The van der Waals surface area contributed by atoms with Gasteiger partial charge in [-0.1, -0.05) is 18.2 Å². The number of furan rings is 1. The molecule has 5 heteroatoms. The van der Waals surface area contributed by atoms with E-state index < -0.39 is 0 Å². The van der Waals surface area contributed by atoms with Crippen molar-refractivity contribution in [2.75, 3.05) is 0 Å². The lowest BCUT2D eigenvalue weighted by atomic mass is 10.2. The molecule has 22 heavy (non-hydrogen) atoms. The zero-order valence-electron chi connectivity index (χ0n) is 11.9. The summed E-state index contributed by atoms with van der Waals surface area (Å²) in [7, 11) is 0. The second-order valence-electron chi connectivity index (χ2n) is 5.39. The van der Waals surface area contributed by atoms with Crippen LogP contribution in [-0.4, -0.2) is 21.7 Å². The van der Waals surface area contributed by atoms with E-state index in [1.54, 1.807) is 23.1 Å². The van der Waals surface area contributed by atoms with Crippen LogP contribution in [0.1, 0.15) is 23.3 Å². The Morgan fingerprint density at radius 1 is 1.18 bits per heavy atom. The Balaban J connectivity index is 1.78. The second-order valence-corrected chi connectivity index (χ2v) is 5.39. The molecule has 0 aliphatic heterocycles. The van der Waals surface area contributed by atoms with Gasteiger partial charge in [-0.15, -0.1) is 0 Å². The topological polar surface area (TPSA) is 60.1 Å². The summed E-state index contributed by atoms with van der Waals surface area (Å²) in [6, 6.07) is 15.3. The smallest absolute Gasteiger partial charge is 0.270 e. The maximum Gasteiger partial charge on any atom is 0.270 e. The minimum atomic E-state index is -0.100. The van der Waals surface area contributed by atoms with Crippen molar-refractivity contribution in [1.82, 2.24) is 15.1 Å². The molecule has 1 aliphatic rings. The van der Waals surface area contributed by atoms with Crippen LogP contribution in [0.2, 0.25) is 0 Å². The molecular formula is C17H15N3O2. The van der Waals surface area contributed by atoms with Crippen LogP contribution in [0.4, 0.5) is 0 Å². The Hall–Kier alpha value is -2.82. The molecule has 110 valence electrons. The number of aromatic nitrogens is 2. The average molecular weight is 293 g/mol. The van der Waals surface area contributed by atoms with E-state index in [0.717, 1.165) is 18.5 Å². The number of carbonyl (C=O) groups excluding carboxylic acids is 1. The van der Waals surface area contributed by atoms with Gasteiger partial charge in [0, 0.05) is 12.1 Å². The number of amides is 1. The number of carbonyl (C=O) groups is 1. The summed E-state index contributed by atoms with van der Waals surface area (Å²) in [5.41, 5.74) is 2.01. The van der Waals surface area contributed by atoms with Gasteiger partial charge in [0.2, 0.25) is 0 Å². The number of para-hydroxylation sites is 1. The van der Waals surface area contributed by atoms with Crippen molar-refractivity contribution >= 4 is 5.91 Å². The maximum absolute atomic E-state index is 12.5. The van der Waals surface area contributed by atoms with Crippen molar-refractivity contribution in [3.05, 3.63) is 60.5 Å². The third kappa shape index (κ3) is 2.41. The van der Waals surface area contributed by atoms with E-state index >= 15 is 0 Å². The molecule has 0 spiro atoms. The van der Waals surface area contributed by atoms with E-state index in [0.29, 0.717) is 23.2 Å². The molecule has 1 amide bonds. The summed E-state index contributed by atoms with van der Waals surface area (Å²) in [6.45, 7) is 0. The SMILES string of the molecule is O=C(NC1CC1)c1cc(-c2ccco2)nn1-c1ccccc1. The molecule has 1 saturated carbocycles. The molecule has 1 N–H and O–H groups in total. The highest BCUT2D eigenvalue weighted by atomic mass is 16.3. The summed E-state index contributed by atoms with van der Waals surface area (Å²) >= 11 is 0. The lowest BCUT2D eigenvalue weighted by molar-refractivity contribution is 0.0943. The van der Waals surface area contributed by atoms with E-state index in [4.69, 9.17) is 4.42 Å². The van der Waals surface area contributed by atoms with Crippen LogP contribution in [0.3, 0.4) is 0 Å². The minimum Gasteiger partial charge on any atom is -0.463 e. The lowest BCUT2D eigenvalue weighted by Gasteiger charge is -2.07. The normalized spacial score (nSPS) is 14.0. The Morgan fingerprint density at radius 3 is 2.68 bits per heavy atom. The number of nitrogens with zero attached hydrogens (tertiary/aromatic N) is 2. The Kier molecular flexibility index (Phi) is 3.04. The molecular weight excluding hydrogens is 278 g/mol. The van der Waals surface area contributed by atoms with Crippen molar-refractivity contribution in [2.24, 2.45) is 0 Å². The van der Waals surface area contributed by atoms with Crippen LogP contribution in [0, 0.1) is 0 Å². The van der Waals surface area contributed by atoms with Crippen LogP contribution >= 0.6 is 0 Å². The molecule has 0 unspecified atom stereocenters. The van der Waals surface area contributed by atoms with Crippen molar-refractivity contribution in [2.45, 2.75) is 18.9 Å². The lowest BCUT2D eigenvalue weighted by Crippen LogP contribution is -2.27. The molecule has 0 radical (unpaired) electrons. The van der Waals surface area contributed by atoms with Gasteiger partial charge in [0.05, 0.1) is 12.0 Å². The number of rotatable bonds is 4. The van der Waals surface area contributed by atoms with Crippen molar-refractivity contribution in [3.8, 4) is 17.1 Å². The molecule has 2 heterocycles. The first kappa shape index (κ1) is 12.9. The monoisotopic (exact) mass is 293 g/mol. The fourth-order valence-corrected chi connectivity index (χ4v) is 2.34. The van der Waals surface area contributed by atoms with Crippen molar-refractivity contribution in [3.63, 3.8) is 0 Å². The number of hydrogen-bond donors (Lipinski definition) is 1. The van der Waals surface area contributed by atoms with Crippen molar-refractivity contribution in [1.29, 1.82) is 0 Å². The first-order valence-electron chi connectivity index (χ1n) is 7.31. The third-order valence-corrected chi connectivity index (χ3v) is 3.63. The number of nitrogens with one attached hydrogen (secondary N) is 1. The van der Waals surface area contributed by atoms with Gasteiger partial charge in [0.25, 0.3) is 5.91 Å². The van der Waals surface area contributed by atoms with Crippen LogP contribution in [0.5, 0.6) is 0 Å². The fraction of sp³-hybridized carbons (Fsp3) is 0.176. The van der Waals surface area contributed by atoms with Gasteiger partial charge in [0.15, 0.2) is 5.76 Å². The minimum absolute atomic E-state index is 0.100. The maximum atomic E-state index is 12.5. The number of benzene rings is 1. The largest absolute Gasteiger partial charge is 0.463 e. The molecule has 1 fully saturated rings. The summed E-state index contributed by atoms with van der Waals surface area (Å²) in [6.07, 6.45) is 3.70. The Labute approximate surface area is 127 Å². The van der Waals surface area contributed by atoms with E-state index in [-0.39, 0.29) is 5.91 Å². The standard InChI is InChI=1S/C17H15N3O2/c21-17(18-12-8-9-12)15-11-14(16-7-4-10-22-16)19-20(15)13-5-2-1-3-6-13/h1-7,10-12H,8-9H2,(H,18,21). The van der Waals surface area contributed by atoms with Gasteiger partial charge in [-0.2, -0.15) is 5.10 Å². The van der Waals surface area contributed by atoms with Crippen LogP contribution in [-0.2, 0) is 0 Å². The molecule has 0 atom stereocenters. The van der Waals surface area contributed by atoms with Crippen LogP contribution in [0.25, 0.3) is 17.1 Å². The Morgan fingerprint density at radius 2 is 2.00 bits per heavy atom. The fourth-order valence-electron chi connectivity index (χ4n) is 2.34. The molecule has 5 nitrogen and oxygen atoms in total. The van der Waals surface area contributed by atoms with Gasteiger partial charge in [-0.25, -0.2) is 4.68 Å². The first-order chi connectivity index (χ1) is 10.8. The van der Waals surface area contributed by atoms with E-state index in [1.165, 1.54) is 0 Å². The predicted octanol–water partition coefficient (Wildman–Crippen LogP) is 3.02. The highest BCUT2D eigenvalue weighted by molar-refractivity contribution is 5.94. The summed E-state index contributed by atoms with van der Waals surface area (Å²) < 4.78 is 7.05. The third-order valence-electron chi connectivity index (χ3n) is 3.63. The molecule has 1 aliphatic carbocycles. The molecule has 0 bridgehead atoms. The quantitative estimate of drug-likeness (QED) is 0.804. The van der Waals surface area contributed by atoms with Gasteiger partial charge in [-0.05, 0) is 37.1 Å². The zero-order chi connectivity index (χ0) is 14.9. The summed E-state index contributed by atoms with van der Waals surface area (Å²) in [4.78, 5) is 12.5. The average Bonchev–Trinajstić information content (AvgIpc) is 3.06.